The zero-order chi connectivity index (χ0) is 15.2. The number of nitriles is 1. The predicted octanol–water partition coefficient (Wildman–Crippen LogP) is 2.56. The largest absolute Gasteiger partial charge is 0.497 e. The fraction of sp³-hybridized carbons (Fsp3) is 0.250. The van der Waals surface area contributed by atoms with Crippen LogP contribution in [0.4, 0.5) is 0 Å². The molecule has 1 aromatic carbocycles. The maximum Gasteiger partial charge on any atom is 0.147 e. The fourth-order valence-corrected chi connectivity index (χ4v) is 1.95. The minimum atomic E-state index is -0.157. The summed E-state index contributed by atoms with van der Waals surface area (Å²) in [6.07, 6.45) is 1.58. The van der Waals surface area contributed by atoms with Crippen LogP contribution in [0.5, 0.6) is 11.5 Å². The molecule has 0 aliphatic rings. The van der Waals surface area contributed by atoms with Crippen molar-refractivity contribution in [3.05, 3.63) is 53.3 Å². The average molecular weight is 283 g/mol. The number of aromatic nitrogens is 1. The van der Waals surface area contributed by atoms with E-state index in [1.165, 1.54) is 0 Å². The van der Waals surface area contributed by atoms with Crippen molar-refractivity contribution in [3.63, 3.8) is 0 Å². The van der Waals surface area contributed by atoms with Crippen LogP contribution in [-0.4, -0.2) is 12.1 Å². The Balaban J connectivity index is 2.25. The standard InChI is InChI=1S/C16H17N3O2/c1-11(18)14-6-5-13(20-2)8-16(14)21-10-12-4-3-7-19-15(12)9-17/h3-8,11H,10,18H2,1-2H3/t11-/m1/s1. The molecule has 2 aromatic rings. The molecule has 1 heterocycles. The molecule has 0 bridgehead atoms. The normalized spacial score (nSPS) is 11.5. The first-order chi connectivity index (χ1) is 10.2. The van der Waals surface area contributed by atoms with Gasteiger partial charge in [0.1, 0.15) is 29.9 Å². The third-order valence-corrected chi connectivity index (χ3v) is 3.09. The summed E-state index contributed by atoms with van der Waals surface area (Å²) < 4.78 is 11.0. The Labute approximate surface area is 123 Å². The SMILES string of the molecule is COc1ccc([C@@H](C)N)c(OCc2cccnc2C#N)c1. The Kier molecular flexibility index (Phi) is 4.75. The van der Waals surface area contributed by atoms with E-state index >= 15 is 0 Å². The van der Waals surface area contributed by atoms with Crippen molar-refractivity contribution >= 4 is 0 Å². The molecule has 0 aliphatic heterocycles. The third kappa shape index (κ3) is 3.50. The van der Waals surface area contributed by atoms with Crippen LogP contribution >= 0.6 is 0 Å². The minimum absolute atomic E-state index is 0.157. The number of pyridine rings is 1. The summed E-state index contributed by atoms with van der Waals surface area (Å²) in [4.78, 5) is 4.01. The van der Waals surface area contributed by atoms with Crippen LogP contribution in [0, 0.1) is 11.3 Å². The number of benzene rings is 1. The van der Waals surface area contributed by atoms with Crippen LogP contribution < -0.4 is 15.2 Å². The maximum atomic E-state index is 9.03. The molecule has 0 amide bonds. The summed E-state index contributed by atoms with van der Waals surface area (Å²) in [7, 11) is 1.60. The topological polar surface area (TPSA) is 81.2 Å². The van der Waals surface area contributed by atoms with E-state index in [9.17, 15) is 0 Å². The summed E-state index contributed by atoms with van der Waals surface area (Å²) in [5.74, 6) is 1.35. The van der Waals surface area contributed by atoms with E-state index in [1.807, 2.05) is 25.1 Å². The lowest BCUT2D eigenvalue weighted by atomic mass is 10.1. The van der Waals surface area contributed by atoms with Crippen molar-refractivity contribution < 1.29 is 9.47 Å². The first-order valence-electron chi connectivity index (χ1n) is 6.56. The number of ether oxygens (including phenoxy) is 2. The smallest absolute Gasteiger partial charge is 0.147 e. The van der Waals surface area contributed by atoms with Gasteiger partial charge in [0, 0.05) is 29.4 Å². The Morgan fingerprint density at radius 1 is 1.38 bits per heavy atom. The molecule has 0 fully saturated rings. The van der Waals surface area contributed by atoms with Gasteiger partial charge in [0.2, 0.25) is 0 Å². The number of hydrogen-bond donors (Lipinski definition) is 1. The zero-order valence-electron chi connectivity index (χ0n) is 12.0. The molecule has 5 heteroatoms. The average Bonchev–Trinajstić information content (AvgIpc) is 2.52. The lowest BCUT2D eigenvalue weighted by molar-refractivity contribution is 0.298. The Morgan fingerprint density at radius 2 is 2.19 bits per heavy atom. The van der Waals surface area contributed by atoms with Crippen LogP contribution in [0.15, 0.2) is 36.5 Å². The molecule has 0 unspecified atom stereocenters. The summed E-state index contributed by atoms with van der Waals surface area (Å²) in [6.45, 7) is 2.14. The summed E-state index contributed by atoms with van der Waals surface area (Å²) >= 11 is 0. The molecule has 0 aliphatic carbocycles. The van der Waals surface area contributed by atoms with Crippen LogP contribution in [-0.2, 0) is 6.61 Å². The molecule has 108 valence electrons. The Morgan fingerprint density at radius 3 is 2.86 bits per heavy atom. The van der Waals surface area contributed by atoms with Crippen LogP contribution in [0.1, 0.15) is 29.8 Å². The molecule has 1 aromatic heterocycles. The monoisotopic (exact) mass is 283 g/mol. The lowest BCUT2D eigenvalue weighted by Gasteiger charge is -2.15. The second-order valence-corrected chi connectivity index (χ2v) is 4.60. The minimum Gasteiger partial charge on any atom is -0.497 e. The van der Waals surface area contributed by atoms with Gasteiger partial charge in [-0.05, 0) is 19.1 Å². The molecule has 5 nitrogen and oxygen atoms in total. The molecule has 2 rings (SSSR count). The van der Waals surface area contributed by atoms with E-state index in [1.54, 1.807) is 25.4 Å². The quantitative estimate of drug-likeness (QED) is 0.912. The van der Waals surface area contributed by atoms with Gasteiger partial charge in [0.25, 0.3) is 0 Å². The fourth-order valence-electron chi connectivity index (χ4n) is 1.95. The van der Waals surface area contributed by atoms with Gasteiger partial charge in [-0.1, -0.05) is 12.1 Å². The van der Waals surface area contributed by atoms with E-state index in [4.69, 9.17) is 20.5 Å². The lowest BCUT2D eigenvalue weighted by Crippen LogP contribution is -2.09. The van der Waals surface area contributed by atoms with Crippen LogP contribution in [0.25, 0.3) is 0 Å². The van der Waals surface area contributed by atoms with Crippen molar-refractivity contribution in [2.45, 2.75) is 19.6 Å². The summed E-state index contributed by atoms with van der Waals surface area (Å²) in [5.41, 5.74) is 7.93. The number of nitrogens with zero attached hydrogens (tertiary/aromatic N) is 2. The van der Waals surface area contributed by atoms with Crippen molar-refractivity contribution in [2.75, 3.05) is 7.11 Å². The molecule has 0 saturated heterocycles. The third-order valence-electron chi connectivity index (χ3n) is 3.09. The van der Waals surface area contributed by atoms with Crippen molar-refractivity contribution in [2.24, 2.45) is 5.73 Å². The second kappa shape index (κ2) is 6.73. The van der Waals surface area contributed by atoms with Crippen molar-refractivity contribution in [1.82, 2.24) is 4.98 Å². The number of rotatable bonds is 5. The van der Waals surface area contributed by atoms with Gasteiger partial charge in [-0.15, -0.1) is 0 Å². The first-order valence-corrected chi connectivity index (χ1v) is 6.56. The highest BCUT2D eigenvalue weighted by Crippen LogP contribution is 2.29. The van der Waals surface area contributed by atoms with Crippen LogP contribution in [0.2, 0.25) is 0 Å². The van der Waals surface area contributed by atoms with E-state index in [2.05, 4.69) is 11.1 Å². The van der Waals surface area contributed by atoms with E-state index in [-0.39, 0.29) is 12.6 Å². The maximum absolute atomic E-state index is 9.03. The second-order valence-electron chi connectivity index (χ2n) is 4.60. The molecule has 21 heavy (non-hydrogen) atoms. The molecule has 2 N–H and O–H groups in total. The zero-order valence-corrected chi connectivity index (χ0v) is 12.0. The molecule has 0 spiro atoms. The van der Waals surface area contributed by atoms with Gasteiger partial charge in [-0.3, -0.25) is 0 Å². The predicted molar refractivity (Wildman–Crippen MR) is 78.9 cm³/mol. The number of nitrogens with two attached hydrogens (primary N) is 1. The Hall–Kier alpha value is -2.58. The van der Waals surface area contributed by atoms with Gasteiger partial charge >= 0.3 is 0 Å². The number of hydrogen-bond acceptors (Lipinski definition) is 5. The van der Waals surface area contributed by atoms with Crippen LogP contribution in [0.3, 0.4) is 0 Å². The van der Waals surface area contributed by atoms with Gasteiger partial charge in [0.05, 0.1) is 7.11 Å². The van der Waals surface area contributed by atoms with E-state index in [0.29, 0.717) is 17.2 Å². The van der Waals surface area contributed by atoms with E-state index in [0.717, 1.165) is 11.1 Å². The highest BCUT2D eigenvalue weighted by atomic mass is 16.5. The van der Waals surface area contributed by atoms with Crippen molar-refractivity contribution in [3.8, 4) is 17.6 Å². The highest BCUT2D eigenvalue weighted by Gasteiger charge is 2.11. The van der Waals surface area contributed by atoms with E-state index < -0.39 is 0 Å². The molecule has 0 saturated carbocycles. The molecular weight excluding hydrogens is 266 g/mol. The summed E-state index contributed by atoms with van der Waals surface area (Å²) in [5, 5.41) is 9.03. The summed E-state index contributed by atoms with van der Waals surface area (Å²) in [6, 6.07) is 11.0. The Bertz CT molecular complexity index is 663. The molecule has 0 radical (unpaired) electrons. The van der Waals surface area contributed by atoms with Gasteiger partial charge in [0.15, 0.2) is 0 Å². The van der Waals surface area contributed by atoms with Gasteiger partial charge in [-0.2, -0.15) is 5.26 Å². The van der Waals surface area contributed by atoms with Gasteiger partial charge in [-0.25, -0.2) is 4.98 Å². The first kappa shape index (κ1) is 14.8. The number of methoxy groups -OCH3 is 1. The highest BCUT2D eigenvalue weighted by molar-refractivity contribution is 5.42. The molecule has 1 atom stereocenters. The van der Waals surface area contributed by atoms with Crippen molar-refractivity contribution in [1.29, 1.82) is 5.26 Å². The van der Waals surface area contributed by atoms with Gasteiger partial charge < -0.3 is 15.2 Å². The molecular formula is C16H17N3O2.